The minimum Gasteiger partial charge on any atom is -0.484 e. The normalized spacial score (nSPS) is 19.5. The van der Waals surface area contributed by atoms with Crippen molar-refractivity contribution in [2.24, 2.45) is 0 Å². The van der Waals surface area contributed by atoms with Crippen LogP contribution < -0.4 is 20.3 Å². The van der Waals surface area contributed by atoms with Gasteiger partial charge >= 0.3 is 6.03 Å². The average molecular weight is 635 g/mol. The van der Waals surface area contributed by atoms with Crippen LogP contribution >= 0.6 is 0 Å². The van der Waals surface area contributed by atoms with Crippen LogP contribution in [0.1, 0.15) is 81.0 Å². The van der Waals surface area contributed by atoms with Gasteiger partial charge in [0.1, 0.15) is 17.7 Å². The van der Waals surface area contributed by atoms with E-state index in [0.29, 0.717) is 18.0 Å². The summed E-state index contributed by atoms with van der Waals surface area (Å²) in [5.41, 5.74) is 5.56. The van der Waals surface area contributed by atoms with Gasteiger partial charge in [-0.2, -0.15) is 5.10 Å². The van der Waals surface area contributed by atoms with Crippen LogP contribution in [-0.2, 0) is 5.41 Å². The lowest BCUT2D eigenvalue weighted by Crippen LogP contribution is -2.36. The van der Waals surface area contributed by atoms with E-state index in [2.05, 4.69) is 58.6 Å². The number of benzene rings is 2. The number of fused-ring (bicyclic) bond motifs is 2. The van der Waals surface area contributed by atoms with Crippen LogP contribution in [0.15, 0.2) is 72.9 Å². The van der Waals surface area contributed by atoms with E-state index in [1.165, 1.54) is 0 Å². The highest BCUT2D eigenvalue weighted by Crippen LogP contribution is 2.39. The number of aliphatic hydroxyl groups is 1. The number of rotatable bonds is 7. The van der Waals surface area contributed by atoms with Crippen LogP contribution in [0.25, 0.3) is 11.3 Å². The van der Waals surface area contributed by atoms with Gasteiger partial charge in [-0.15, -0.1) is 10.2 Å². The predicted octanol–water partition coefficient (Wildman–Crippen LogP) is 6.26. The van der Waals surface area contributed by atoms with E-state index in [4.69, 9.17) is 9.84 Å². The molecular weight excluding hydrogens is 592 g/mol. The van der Waals surface area contributed by atoms with Crippen LogP contribution in [0.4, 0.5) is 16.6 Å². The second-order valence-electron chi connectivity index (χ2n) is 13.6. The number of anilines is 2. The van der Waals surface area contributed by atoms with Gasteiger partial charge in [0.25, 0.3) is 0 Å². The summed E-state index contributed by atoms with van der Waals surface area (Å²) in [5.74, 6) is 2.05. The number of aryl methyl sites for hydroxylation is 1. The van der Waals surface area contributed by atoms with Gasteiger partial charge in [0.15, 0.2) is 5.65 Å². The van der Waals surface area contributed by atoms with Gasteiger partial charge in [0, 0.05) is 18.0 Å². The van der Waals surface area contributed by atoms with Crippen molar-refractivity contribution in [3.8, 4) is 11.4 Å². The molecule has 3 N–H and O–H groups in total. The number of hydrogen-bond donors (Lipinski definition) is 3. The Bertz CT molecular complexity index is 1890. The lowest BCUT2D eigenvalue weighted by Gasteiger charge is -2.32. The number of hydrogen-bond acceptors (Lipinski definition) is 7. The third-order valence-corrected chi connectivity index (χ3v) is 9.22. The highest BCUT2D eigenvalue weighted by Gasteiger charge is 2.31. The van der Waals surface area contributed by atoms with Gasteiger partial charge in [0.05, 0.1) is 36.3 Å². The first-order valence-corrected chi connectivity index (χ1v) is 16.4. The minimum absolute atomic E-state index is 0.0440. The maximum atomic E-state index is 13.5. The number of ether oxygens (including phenoxy) is 1. The molecule has 0 spiro atoms. The molecule has 0 unspecified atom stereocenters. The maximum Gasteiger partial charge on any atom is 0.320 e. The zero-order valence-corrected chi connectivity index (χ0v) is 27.3. The van der Waals surface area contributed by atoms with E-state index in [9.17, 15) is 9.90 Å². The molecule has 11 heteroatoms. The topological polar surface area (TPSA) is 122 Å². The van der Waals surface area contributed by atoms with E-state index < -0.39 is 0 Å². The van der Waals surface area contributed by atoms with Crippen LogP contribution in [-0.4, -0.2) is 54.7 Å². The first-order valence-electron chi connectivity index (χ1n) is 16.4. The van der Waals surface area contributed by atoms with E-state index in [-0.39, 0.29) is 36.2 Å². The van der Waals surface area contributed by atoms with Gasteiger partial charge in [-0.3, -0.25) is 9.72 Å². The van der Waals surface area contributed by atoms with Gasteiger partial charge in [-0.05, 0) is 68.0 Å². The molecule has 7 rings (SSSR count). The summed E-state index contributed by atoms with van der Waals surface area (Å²) in [4.78, 5) is 15.6. The fourth-order valence-electron chi connectivity index (χ4n) is 6.63. The average Bonchev–Trinajstić information content (AvgIpc) is 3.81. The Kier molecular flexibility index (Phi) is 8.09. The first-order chi connectivity index (χ1) is 22.7. The summed E-state index contributed by atoms with van der Waals surface area (Å²) >= 11 is 0. The Morgan fingerprint density at radius 1 is 1.00 bits per heavy atom. The fraction of sp³-hybridized carbons (Fsp3) is 0.389. The molecule has 0 radical (unpaired) electrons. The molecule has 2 aliphatic rings. The largest absolute Gasteiger partial charge is 0.484 e. The molecule has 4 heterocycles. The standard InChI is InChI=1S/C36H42N8O3/c1-23-11-13-24(14-12-23)44-33(20-31(41-44)36(2,3)4)38-34(46)37-29-16-17-30(28-10-6-5-9-27(28)29)47-26-15-18-32-39-40-35(43(32)21-26)42-19-7-8-25(42)22-45/h5-6,9-15,18,20-21,25,29-30,45H,7-8,16-17,19,22H2,1-4H3,(H2,37,38,46)/t25-,29-,30+/m0/s1. The molecule has 1 aliphatic heterocycles. The monoisotopic (exact) mass is 634 g/mol. The molecule has 0 saturated carbocycles. The predicted molar refractivity (Wildman–Crippen MR) is 181 cm³/mol. The summed E-state index contributed by atoms with van der Waals surface area (Å²) in [5, 5.41) is 29.8. The van der Waals surface area contributed by atoms with E-state index >= 15 is 0 Å². The molecular formula is C36H42N8O3. The molecule has 1 saturated heterocycles. The summed E-state index contributed by atoms with van der Waals surface area (Å²) in [6, 6.07) is 21.6. The molecule has 5 aromatic rings. The molecule has 0 bridgehead atoms. The Hall–Kier alpha value is -4.90. The number of nitrogens with one attached hydrogen (secondary N) is 2. The van der Waals surface area contributed by atoms with Crippen LogP contribution in [0.3, 0.4) is 0 Å². The van der Waals surface area contributed by atoms with Crippen molar-refractivity contribution < 1.29 is 14.6 Å². The van der Waals surface area contributed by atoms with Gasteiger partial charge in [-0.1, -0.05) is 62.7 Å². The quantitative estimate of drug-likeness (QED) is 0.193. The zero-order chi connectivity index (χ0) is 32.7. The molecule has 1 aliphatic carbocycles. The smallest absolute Gasteiger partial charge is 0.320 e. The molecule has 47 heavy (non-hydrogen) atoms. The maximum absolute atomic E-state index is 13.5. The van der Waals surface area contributed by atoms with Gasteiger partial charge in [0.2, 0.25) is 5.95 Å². The SMILES string of the molecule is Cc1ccc(-n2nc(C(C)(C)C)cc2NC(=O)N[C@H]2CC[C@@H](Oc3ccc4nnc(N5CCC[C@H]5CO)n4c3)c3ccccc32)cc1. The summed E-state index contributed by atoms with van der Waals surface area (Å²) in [6.45, 7) is 9.30. The van der Waals surface area contributed by atoms with Crippen LogP contribution in [0, 0.1) is 6.92 Å². The third kappa shape index (κ3) is 6.15. The number of pyridine rings is 1. The lowest BCUT2D eigenvalue weighted by atomic mass is 9.85. The number of amides is 2. The number of carbonyl (C=O) groups is 1. The van der Waals surface area contributed by atoms with Crippen molar-refractivity contribution in [2.75, 3.05) is 23.4 Å². The Morgan fingerprint density at radius 3 is 2.55 bits per heavy atom. The molecule has 11 nitrogen and oxygen atoms in total. The molecule has 2 aromatic carbocycles. The molecule has 3 aromatic heterocycles. The minimum atomic E-state index is -0.286. The van der Waals surface area contributed by atoms with E-state index in [1.54, 1.807) is 4.68 Å². The van der Waals surface area contributed by atoms with Crippen molar-refractivity contribution in [2.45, 2.75) is 77.0 Å². The van der Waals surface area contributed by atoms with Crippen molar-refractivity contribution in [1.82, 2.24) is 29.7 Å². The number of nitrogens with zero attached hydrogens (tertiary/aromatic N) is 6. The Morgan fingerprint density at radius 2 is 1.79 bits per heavy atom. The van der Waals surface area contributed by atoms with Crippen molar-refractivity contribution >= 4 is 23.4 Å². The van der Waals surface area contributed by atoms with Gasteiger partial charge < -0.3 is 20.1 Å². The number of aromatic nitrogens is 5. The molecule has 2 amide bonds. The van der Waals surface area contributed by atoms with Crippen LogP contribution in [0.5, 0.6) is 5.75 Å². The second kappa shape index (κ2) is 12.4. The summed E-state index contributed by atoms with van der Waals surface area (Å²) in [7, 11) is 0. The van der Waals surface area contributed by atoms with Crippen molar-refractivity contribution in [3.05, 3.63) is 95.3 Å². The molecule has 244 valence electrons. The molecule has 1 fully saturated rings. The summed E-state index contributed by atoms with van der Waals surface area (Å²) in [6.07, 6.45) is 5.13. The van der Waals surface area contributed by atoms with Crippen molar-refractivity contribution in [3.63, 3.8) is 0 Å². The highest BCUT2D eigenvalue weighted by atomic mass is 16.5. The first kappa shape index (κ1) is 30.7. The van der Waals surface area contributed by atoms with Gasteiger partial charge in [-0.25, -0.2) is 9.48 Å². The number of urea groups is 1. The summed E-state index contributed by atoms with van der Waals surface area (Å²) < 4.78 is 10.3. The highest BCUT2D eigenvalue weighted by molar-refractivity contribution is 5.89. The Labute approximate surface area is 274 Å². The van der Waals surface area contributed by atoms with E-state index in [0.717, 1.165) is 65.5 Å². The van der Waals surface area contributed by atoms with Crippen LogP contribution in [0.2, 0.25) is 0 Å². The van der Waals surface area contributed by atoms with E-state index in [1.807, 2.05) is 72.1 Å². The van der Waals surface area contributed by atoms with Crippen molar-refractivity contribution in [1.29, 1.82) is 0 Å². The second-order valence-corrected chi connectivity index (χ2v) is 13.6. The number of aliphatic hydroxyl groups excluding tert-OH is 1. The molecule has 3 atom stereocenters. The third-order valence-electron chi connectivity index (χ3n) is 9.22. The lowest BCUT2D eigenvalue weighted by molar-refractivity contribution is 0.171. The zero-order valence-electron chi connectivity index (χ0n) is 27.3. The number of carbonyl (C=O) groups excluding carboxylic acids is 1. The Balaban J connectivity index is 1.09. The fourth-order valence-corrected chi connectivity index (χ4v) is 6.63.